The largest absolute Gasteiger partial charge is 0.472 e. The van der Waals surface area contributed by atoms with Crippen molar-refractivity contribution in [3.05, 3.63) is 95.1 Å². The van der Waals surface area contributed by atoms with Crippen LogP contribution in [-0.2, 0) is 6.54 Å². The van der Waals surface area contributed by atoms with Crippen LogP contribution in [0.5, 0.6) is 0 Å². The molecule has 172 valence electrons. The van der Waals surface area contributed by atoms with E-state index in [4.69, 9.17) is 10.2 Å². The van der Waals surface area contributed by atoms with Crippen LogP contribution in [0.1, 0.15) is 60.2 Å². The third kappa shape index (κ3) is 5.14. The van der Waals surface area contributed by atoms with Gasteiger partial charge in [0.1, 0.15) is 0 Å². The molecule has 4 rings (SSSR count). The Morgan fingerprint density at radius 1 is 1.00 bits per heavy atom. The molecule has 0 radical (unpaired) electrons. The quantitative estimate of drug-likeness (QED) is 0.470. The highest BCUT2D eigenvalue weighted by molar-refractivity contribution is 5.95. The molecule has 1 fully saturated rings. The van der Waals surface area contributed by atoms with Crippen LogP contribution < -0.4 is 5.73 Å². The Balaban J connectivity index is 1.77. The van der Waals surface area contributed by atoms with Crippen molar-refractivity contribution in [2.75, 3.05) is 25.4 Å². The number of nitrogens with two attached hydrogens (primary N) is 1. The summed E-state index contributed by atoms with van der Waals surface area (Å²) in [4.78, 5) is 17.1. The molecule has 0 saturated carbocycles. The van der Waals surface area contributed by atoms with E-state index in [0.717, 1.165) is 48.3 Å². The third-order valence-electron chi connectivity index (χ3n) is 6.36. The number of hydrogen-bond acceptors (Lipinski definition) is 4. The predicted molar refractivity (Wildman–Crippen MR) is 134 cm³/mol. The second-order valence-corrected chi connectivity index (χ2v) is 8.51. The van der Waals surface area contributed by atoms with E-state index in [2.05, 4.69) is 23.1 Å². The fourth-order valence-corrected chi connectivity index (χ4v) is 4.62. The van der Waals surface area contributed by atoms with Crippen molar-refractivity contribution in [3.8, 4) is 0 Å². The number of nitrogens with zero attached hydrogens (tertiary/aromatic N) is 2. The highest BCUT2D eigenvalue weighted by atomic mass is 16.3. The lowest BCUT2D eigenvalue weighted by atomic mass is 9.90. The van der Waals surface area contributed by atoms with Gasteiger partial charge in [0.25, 0.3) is 5.91 Å². The average Bonchev–Trinajstić information content (AvgIpc) is 3.35. The van der Waals surface area contributed by atoms with Crippen molar-refractivity contribution in [2.45, 2.75) is 39.7 Å². The maximum Gasteiger partial charge on any atom is 0.253 e. The first-order chi connectivity index (χ1) is 16.1. The minimum absolute atomic E-state index is 0.0731. The summed E-state index contributed by atoms with van der Waals surface area (Å²) in [5.74, 6) is 0.0731. The van der Waals surface area contributed by atoms with Gasteiger partial charge in [0.2, 0.25) is 0 Å². The van der Waals surface area contributed by atoms with Gasteiger partial charge in [-0.05, 0) is 74.6 Å². The summed E-state index contributed by atoms with van der Waals surface area (Å²) < 4.78 is 5.31. The first kappa shape index (κ1) is 22.7. The third-order valence-corrected chi connectivity index (χ3v) is 6.36. The number of allylic oxidation sites excluding steroid dienone is 1. The van der Waals surface area contributed by atoms with Gasteiger partial charge in [-0.1, -0.05) is 24.3 Å². The zero-order chi connectivity index (χ0) is 23.2. The molecule has 1 aliphatic heterocycles. The molecule has 3 aromatic rings. The Bertz CT molecular complexity index is 1100. The second kappa shape index (κ2) is 10.4. The predicted octanol–water partition coefficient (Wildman–Crippen LogP) is 5.79. The van der Waals surface area contributed by atoms with E-state index in [0.29, 0.717) is 13.1 Å². The molecule has 33 heavy (non-hydrogen) atoms. The lowest BCUT2D eigenvalue weighted by Gasteiger charge is -2.34. The molecule has 5 heteroatoms. The summed E-state index contributed by atoms with van der Waals surface area (Å²) in [6, 6.07) is 18.2. The number of nitrogen functional groups attached to an aromatic ring is 1. The molecule has 0 atom stereocenters. The summed E-state index contributed by atoms with van der Waals surface area (Å²) in [5, 5.41) is 0. The molecular formula is C28H33N3O2. The zero-order valence-corrected chi connectivity index (χ0v) is 19.6. The lowest BCUT2D eigenvalue weighted by Crippen LogP contribution is -2.30. The summed E-state index contributed by atoms with van der Waals surface area (Å²) in [7, 11) is 0. The molecule has 1 amide bonds. The van der Waals surface area contributed by atoms with Crippen LogP contribution in [-0.4, -0.2) is 35.3 Å². The van der Waals surface area contributed by atoms with Crippen molar-refractivity contribution < 1.29 is 9.21 Å². The number of furan rings is 1. The van der Waals surface area contributed by atoms with E-state index in [-0.39, 0.29) is 5.91 Å². The topological polar surface area (TPSA) is 62.7 Å². The minimum atomic E-state index is 0.0731. The van der Waals surface area contributed by atoms with Gasteiger partial charge < -0.3 is 20.0 Å². The SMILES string of the molecule is CCN(CC)C(=O)c1ccc(C(=C2CCCCN2Cc2ccoc2)c2cccc(N)c2)cc1. The van der Waals surface area contributed by atoms with Crippen LogP contribution in [0.3, 0.4) is 0 Å². The first-order valence-electron chi connectivity index (χ1n) is 11.9. The number of benzene rings is 2. The molecule has 1 aromatic heterocycles. The number of amides is 1. The maximum atomic E-state index is 12.8. The standard InChI is InChI=1S/C28H33N3O2/c1-3-30(4-2)28(32)23-13-11-22(12-14-23)27(24-8-7-9-25(29)18-24)26-10-5-6-16-31(26)19-21-15-17-33-20-21/h7-9,11-15,17-18,20H,3-6,10,16,19,29H2,1-2H3. The molecular weight excluding hydrogens is 410 g/mol. The smallest absolute Gasteiger partial charge is 0.253 e. The van der Waals surface area contributed by atoms with Crippen LogP contribution in [0, 0.1) is 0 Å². The van der Waals surface area contributed by atoms with Gasteiger partial charge in [-0.15, -0.1) is 0 Å². The summed E-state index contributed by atoms with van der Waals surface area (Å²) in [5.41, 5.74) is 13.5. The first-order valence-corrected chi connectivity index (χ1v) is 11.9. The van der Waals surface area contributed by atoms with Gasteiger partial charge in [0, 0.05) is 54.3 Å². The molecule has 0 bridgehead atoms. The number of carbonyl (C=O) groups is 1. The molecule has 1 aliphatic rings. The van der Waals surface area contributed by atoms with Gasteiger partial charge in [0.15, 0.2) is 0 Å². The number of rotatable bonds is 7. The van der Waals surface area contributed by atoms with Crippen LogP contribution in [0.25, 0.3) is 5.57 Å². The summed E-state index contributed by atoms with van der Waals surface area (Å²) in [6.07, 6.45) is 6.87. The maximum absolute atomic E-state index is 12.8. The monoisotopic (exact) mass is 443 g/mol. The zero-order valence-electron chi connectivity index (χ0n) is 19.6. The van der Waals surface area contributed by atoms with Crippen molar-refractivity contribution in [1.29, 1.82) is 0 Å². The summed E-state index contributed by atoms with van der Waals surface area (Å²) in [6.45, 7) is 7.25. The van der Waals surface area contributed by atoms with E-state index in [1.165, 1.54) is 23.3 Å². The van der Waals surface area contributed by atoms with Gasteiger partial charge >= 0.3 is 0 Å². The van der Waals surface area contributed by atoms with E-state index < -0.39 is 0 Å². The summed E-state index contributed by atoms with van der Waals surface area (Å²) >= 11 is 0. The number of anilines is 1. The van der Waals surface area contributed by atoms with Crippen molar-refractivity contribution in [2.24, 2.45) is 0 Å². The van der Waals surface area contributed by atoms with Gasteiger partial charge in [0.05, 0.1) is 12.5 Å². The van der Waals surface area contributed by atoms with Gasteiger partial charge in [-0.3, -0.25) is 4.79 Å². The Morgan fingerprint density at radius 3 is 2.42 bits per heavy atom. The number of hydrogen-bond donors (Lipinski definition) is 1. The van der Waals surface area contributed by atoms with Crippen molar-refractivity contribution in [3.63, 3.8) is 0 Å². The Kier molecular flexibility index (Phi) is 7.18. The van der Waals surface area contributed by atoms with E-state index in [9.17, 15) is 4.79 Å². The molecule has 2 N–H and O–H groups in total. The molecule has 2 aromatic carbocycles. The molecule has 0 aliphatic carbocycles. The van der Waals surface area contributed by atoms with E-state index >= 15 is 0 Å². The highest BCUT2D eigenvalue weighted by Crippen LogP contribution is 2.35. The number of piperidine rings is 1. The number of carbonyl (C=O) groups excluding carboxylic acids is 1. The van der Waals surface area contributed by atoms with Crippen LogP contribution >= 0.6 is 0 Å². The van der Waals surface area contributed by atoms with Crippen LogP contribution in [0.15, 0.2) is 77.2 Å². The minimum Gasteiger partial charge on any atom is -0.472 e. The normalized spacial score (nSPS) is 15.4. The highest BCUT2D eigenvalue weighted by Gasteiger charge is 2.22. The van der Waals surface area contributed by atoms with Gasteiger partial charge in [-0.25, -0.2) is 0 Å². The lowest BCUT2D eigenvalue weighted by molar-refractivity contribution is 0.0773. The molecule has 5 nitrogen and oxygen atoms in total. The second-order valence-electron chi connectivity index (χ2n) is 8.51. The Hall–Kier alpha value is -3.47. The molecule has 0 spiro atoms. The molecule has 0 unspecified atom stereocenters. The van der Waals surface area contributed by atoms with E-state index in [1.54, 1.807) is 6.26 Å². The van der Waals surface area contributed by atoms with Crippen LogP contribution in [0.4, 0.5) is 5.69 Å². The molecule has 1 saturated heterocycles. The van der Waals surface area contributed by atoms with Gasteiger partial charge in [-0.2, -0.15) is 0 Å². The molecule has 2 heterocycles. The fourth-order valence-electron chi connectivity index (χ4n) is 4.62. The van der Waals surface area contributed by atoms with Crippen molar-refractivity contribution >= 4 is 17.2 Å². The average molecular weight is 444 g/mol. The Morgan fingerprint density at radius 2 is 1.76 bits per heavy atom. The van der Waals surface area contributed by atoms with E-state index in [1.807, 2.05) is 61.4 Å². The number of likely N-dealkylation sites (tertiary alicyclic amines) is 1. The van der Waals surface area contributed by atoms with Crippen LogP contribution in [0.2, 0.25) is 0 Å². The Labute approximate surface area is 196 Å². The fraction of sp³-hybridized carbons (Fsp3) is 0.321. The van der Waals surface area contributed by atoms with Crippen molar-refractivity contribution in [1.82, 2.24) is 9.80 Å².